The fourth-order valence-corrected chi connectivity index (χ4v) is 5.93. The Kier molecular flexibility index (Phi) is 10.6. The van der Waals surface area contributed by atoms with Gasteiger partial charge in [0.15, 0.2) is 12.1 Å². The number of alkyl carbamates (subject to hydrolysis) is 1. The Labute approximate surface area is 284 Å². The summed E-state index contributed by atoms with van der Waals surface area (Å²) in [5.41, 5.74) is 3.34. The summed E-state index contributed by atoms with van der Waals surface area (Å²) < 4.78 is 36.8. The molecule has 0 bridgehead atoms. The number of carbonyl (C=O) groups excluding carboxylic acids is 2. The minimum absolute atomic E-state index is 0.0118. The number of ether oxygens (including phenoxy) is 6. The molecule has 1 aliphatic heterocycles. The number of hydrogen-bond acceptors (Lipinski definition) is 10. The van der Waals surface area contributed by atoms with E-state index in [1.807, 2.05) is 50.2 Å². The third-order valence-electron chi connectivity index (χ3n) is 8.29. The molecule has 49 heavy (non-hydrogen) atoms. The predicted molar refractivity (Wildman–Crippen MR) is 178 cm³/mol. The molecule has 3 heterocycles. The molecule has 2 fully saturated rings. The van der Waals surface area contributed by atoms with Crippen LogP contribution in [0.2, 0.25) is 0 Å². The number of hydrogen-bond donors (Lipinski definition) is 3. The highest BCUT2D eigenvalue weighted by molar-refractivity contribution is 6.02. The monoisotopic (exact) mass is 674 g/mol. The number of nitrogens with one attached hydrogen (secondary N) is 3. The average molecular weight is 675 g/mol. The predicted octanol–water partition coefficient (Wildman–Crippen LogP) is 5.38. The number of aromatic amines is 1. The van der Waals surface area contributed by atoms with Gasteiger partial charge >= 0.3 is 6.09 Å². The molecule has 1 saturated heterocycles. The molecule has 0 spiro atoms. The number of aryl methyl sites for hydroxylation is 1. The molecule has 2 aromatic heterocycles. The number of anilines is 1. The summed E-state index contributed by atoms with van der Waals surface area (Å²) in [6.07, 6.45) is 1.03. The molecule has 2 aromatic carbocycles. The first-order valence-electron chi connectivity index (χ1n) is 16.4. The van der Waals surface area contributed by atoms with Crippen LogP contribution in [0.3, 0.4) is 0 Å². The molecule has 2 unspecified atom stereocenters. The van der Waals surface area contributed by atoms with Crippen molar-refractivity contribution in [2.75, 3.05) is 25.6 Å². The second kappa shape index (κ2) is 15.4. The minimum Gasteiger partial charge on any atom is -0.496 e. The van der Waals surface area contributed by atoms with Crippen LogP contribution in [0.15, 0.2) is 54.6 Å². The van der Waals surface area contributed by atoms with E-state index in [-0.39, 0.29) is 30.6 Å². The lowest BCUT2D eigenvalue weighted by atomic mass is 10.0. The van der Waals surface area contributed by atoms with Gasteiger partial charge in [-0.3, -0.25) is 14.6 Å². The lowest BCUT2D eigenvalue weighted by Gasteiger charge is -2.20. The van der Waals surface area contributed by atoms with Gasteiger partial charge in [0.05, 0.1) is 25.9 Å². The van der Waals surface area contributed by atoms with E-state index in [1.54, 1.807) is 32.4 Å². The molecule has 1 saturated carbocycles. The number of carbonyl (C=O) groups is 2. The number of H-pyrrole nitrogens is 1. The molecule has 2 atom stereocenters. The van der Waals surface area contributed by atoms with Crippen LogP contribution in [0, 0.1) is 0 Å². The number of amides is 2. The fraction of sp³-hybridized carbons (Fsp3) is 0.429. The maximum Gasteiger partial charge on any atom is 0.407 e. The molecule has 260 valence electrons. The van der Waals surface area contributed by atoms with E-state index in [0.29, 0.717) is 66.3 Å². The second-order valence-electron chi connectivity index (χ2n) is 12.3. The maximum atomic E-state index is 13.3. The van der Waals surface area contributed by atoms with Crippen molar-refractivity contribution in [2.45, 2.75) is 70.7 Å². The smallest absolute Gasteiger partial charge is 0.407 e. The maximum absolute atomic E-state index is 13.3. The van der Waals surface area contributed by atoms with E-state index in [1.165, 1.54) is 4.68 Å². The van der Waals surface area contributed by atoms with Crippen LogP contribution in [-0.2, 0) is 34.5 Å². The van der Waals surface area contributed by atoms with Crippen LogP contribution in [0.1, 0.15) is 78.3 Å². The summed E-state index contributed by atoms with van der Waals surface area (Å²) >= 11 is 0. The largest absolute Gasteiger partial charge is 0.496 e. The quantitative estimate of drug-likeness (QED) is 0.168. The summed E-state index contributed by atoms with van der Waals surface area (Å²) in [5.74, 6) is 1.67. The normalized spacial score (nSPS) is 17.7. The van der Waals surface area contributed by atoms with Crippen LogP contribution in [-0.4, -0.2) is 64.4 Å². The number of aromatic nitrogens is 4. The first kappa shape index (κ1) is 33.8. The van der Waals surface area contributed by atoms with Gasteiger partial charge in [0.25, 0.3) is 5.91 Å². The Morgan fingerprint density at radius 2 is 1.76 bits per heavy atom. The zero-order valence-corrected chi connectivity index (χ0v) is 28.1. The first-order valence-corrected chi connectivity index (χ1v) is 16.4. The third kappa shape index (κ3) is 8.51. The van der Waals surface area contributed by atoms with Crippen molar-refractivity contribution >= 4 is 17.8 Å². The molecule has 2 aliphatic rings. The standard InChI is InChI=1S/C35H42N6O8/c1-21(2)36-35(43)49-25-11-10-23(14-25)27-18-31(39-38-27)37-33(42)28-15-24(40-41(28)3)20-48-30-17-26(44-4)16-29(32(30)34-45-12-13-46-34)47-19-22-8-6-5-7-9-22/h5-9,15-18,21,23,25,34H,10-14,19-20H2,1-4H3,(H,36,43)(H2,37,38,39,42). The molecule has 0 radical (unpaired) electrons. The van der Waals surface area contributed by atoms with Crippen molar-refractivity contribution in [3.8, 4) is 17.2 Å². The Hall–Kier alpha value is -5.08. The summed E-state index contributed by atoms with van der Waals surface area (Å²) in [5, 5.41) is 17.4. The second-order valence-corrected chi connectivity index (χ2v) is 12.3. The van der Waals surface area contributed by atoms with Crippen molar-refractivity contribution in [3.63, 3.8) is 0 Å². The molecule has 1 aliphatic carbocycles. The summed E-state index contributed by atoms with van der Waals surface area (Å²) in [6.45, 7) is 5.04. The molecular formula is C35H42N6O8. The van der Waals surface area contributed by atoms with E-state index in [9.17, 15) is 9.59 Å². The molecular weight excluding hydrogens is 632 g/mol. The number of rotatable bonds is 13. The zero-order chi connectivity index (χ0) is 34.3. The van der Waals surface area contributed by atoms with Crippen LogP contribution in [0.25, 0.3) is 0 Å². The Morgan fingerprint density at radius 3 is 2.47 bits per heavy atom. The number of benzene rings is 2. The lowest BCUT2D eigenvalue weighted by Crippen LogP contribution is -2.33. The van der Waals surface area contributed by atoms with Gasteiger partial charge in [-0.15, -0.1) is 0 Å². The van der Waals surface area contributed by atoms with E-state index in [2.05, 4.69) is 25.9 Å². The summed E-state index contributed by atoms with van der Waals surface area (Å²) in [7, 11) is 3.26. The van der Waals surface area contributed by atoms with Gasteiger partial charge in [0, 0.05) is 42.9 Å². The van der Waals surface area contributed by atoms with Crippen LogP contribution >= 0.6 is 0 Å². The van der Waals surface area contributed by atoms with Gasteiger partial charge in [-0.2, -0.15) is 10.2 Å². The average Bonchev–Trinajstić information content (AvgIpc) is 3.91. The van der Waals surface area contributed by atoms with Gasteiger partial charge in [-0.25, -0.2) is 4.79 Å². The fourth-order valence-electron chi connectivity index (χ4n) is 5.93. The van der Waals surface area contributed by atoms with E-state index in [0.717, 1.165) is 24.1 Å². The van der Waals surface area contributed by atoms with Crippen molar-refractivity contribution in [1.82, 2.24) is 25.3 Å². The van der Waals surface area contributed by atoms with Crippen LogP contribution < -0.4 is 24.8 Å². The van der Waals surface area contributed by atoms with E-state index in [4.69, 9.17) is 28.4 Å². The van der Waals surface area contributed by atoms with Gasteiger partial charge in [0.2, 0.25) is 0 Å². The van der Waals surface area contributed by atoms with Gasteiger partial charge in [0.1, 0.15) is 48.0 Å². The van der Waals surface area contributed by atoms with Crippen molar-refractivity contribution in [2.24, 2.45) is 7.05 Å². The van der Waals surface area contributed by atoms with E-state index >= 15 is 0 Å². The minimum atomic E-state index is -0.678. The first-order chi connectivity index (χ1) is 23.7. The molecule has 2 amide bonds. The van der Waals surface area contributed by atoms with Gasteiger partial charge in [-0.05, 0) is 44.7 Å². The van der Waals surface area contributed by atoms with Gasteiger partial charge in [-0.1, -0.05) is 30.3 Å². The summed E-state index contributed by atoms with van der Waals surface area (Å²) in [6, 6.07) is 16.9. The Morgan fingerprint density at radius 1 is 1.02 bits per heavy atom. The Bertz CT molecular complexity index is 1730. The molecule has 3 N–H and O–H groups in total. The van der Waals surface area contributed by atoms with Crippen LogP contribution in [0.4, 0.5) is 10.6 Å². The topological polar surface area (TPSA) is 160 Å². The highest BCUT2D eigenvalue weighted by atomic mass is 16.7. The Balaban J connectivity index is 1.10. The van der Waals surface area contributed by atoms with E-state index < -0.39 is 12.4 Å². The van der Waals surface area contributed by atoms with Crippen LogP contribution in [0.5, 0.6) is 17.2 Å². The van der Waals surface area contributed by atoms with Crippen molar-refractivity contribution in [3.05, 3.63) is 82.8 Å². The SMILES string of the molecule is COc1cc(OCc2ccccc2)c(C2OCCO2)c(OCc2cc(C(=O)Nc3cc(C4CCC(OC(=O)NC(C)C)C4)[nH]n3)n(C)n2)c1. The van der Waals surface area contributed by atoms with Gasteiger partial charge < -0.3 is 39.1 Å². The number of nitrogens with zero attached hydrogens (tertiary/aromatic N) is 3. The van der Waals surface area contributed by atoms with Crippen molar-refractivity contribution in [1.29, 1.82) is 0 Å². The summed E-state index contributed by atoms with van der Waals surface area (Å²) in [4.78, 5) is 25.3. The molecule has 6 rings (SSSR count). The van der Waals surface area contributed by atoms with Crippen molar-refractivity contribution < 1.29 is 38.0 Å². The molecule has 14 nitrogen and oxygen atoms in total. The molecule has 14 heteroatoms. The zero-order valence-electron chi connectivity index (χ0n) is 28.1. The third-order valence-corrected chi connectivity index (χ3v) is 8.29. The number of methoxy groups -OCH3 is 1. The lowest BCUT2D eigenvalue weighted by molar-refractivity contribution is -0.0477. The molecule has 4 aromatic rings. The highest BCUT2D eigenvalue weighted by Crippen LogP contribution is 2.42. The highest BCUT2D eigenvalue weighted by Gasteiger charge is 2.31.